The van der Waals surface area contributed by atoms with E-state index >= 15 is 0 Å². The van der Waals surface area contributed by atoms with Crippen LogP contribution in [-0.4, -0.2) is 14.0 Å². The maximum Gasteiger partial charge on any atom is 0.156 e. The molecule has 1 N–H and O–H groups in total. The molecular weight excluding hydrogens is 352 g/mol. The van der Waals surface area contributed by atoms with E-state index in [1.54, 1.807) is 0 Å². The molecule has 0 heterocycles. The quantitative estimate of drug-likeness (QED) is 0.273. The zero-order valence-corrected chi connectivity index (χ0v) is 19.7. The number of allylic oxidation sites excluding steroid dienone is 8. The number of hydrogen-bond acceptors (Lipinski definition) is 1. The van der Waals surface area contributed by atoms with Crippen molar-refractivity contribution in [1.82, 2.24) is 0 Å². The lowest BCUT2D eigenvalue weighted by atomic mass is 9.87. The average molecular weight is 395 g/mol. The highest BCUT2D eigenvalue weighted by Crippen LogP contribution is 2.24. The van der Waals surface area contributed by atoms with Crippen LogP contribution in [0.4, 0.5) is 0 Å². The van der Waals surface area contributed by atoms with Gasteiger partial charge >= 0.3 is 0 Å². The van der Waals surface area contributed by atoms with Crippen molar-refractivity contribution in [2.45, 2.75) is 92.7 Å². The van der Waals surface area contributed by atoms with Crippen molar-refractivity contribution < 1.29 is 8.76 Å². The van der Waals surface area contributed by atoms with Gasteiger partial charge in [0, 0.05) is 0 Å². The lowest BCUT2D eigenvalue weighted by Crippen LogP contribution is -2.08. The standard InChI is InChI=1S/C24H42O2S/c1-18(2)11-9-13-20(4)17-22(6)24(8)21(5)14-10-12-19(3)15-16-23(7)27(25)26/h11,14-15,17,22-24H,9-10,12-13,16H2,1-8H3,(H,25,26)/b19-15+,20-17+,21-14+. The summed E-state index contributed by atoms with van der Waals surface area (Å²) in [5.74, 6) is 1.09. The molecule has 0 aliphatic heterocycles. The normalized spacial score (nSPS) is 18.0. The SMILES string of the molecule is CC(C)=CCC/C(C)=C/C(C)C(C)/C(C)=C/CC/C(C)=C/CC(C)S(=O)O. The molecule has 0 aliphatic carbocycles. The van der Waals surface area contributed by atoms with E-state index in [1.807, 2.05) is 6.92 Å². The van der Waals surface area contributed by atoms with Crippen LogP contribution < -0.4 is 0 Å². The molecule has 2 nitrogen and oxygen atoms in total. The molecule has 0 rings (SSSR count). The first-order valence-electron chi connectivity index (χ1n) is 10.3. The van der Waals surface area contributed by atoms with Crippen LogP contribution in [0.2, 0.25) is 0 Å². The van der Waals surface area contributed by atoms with Gasteiger partial charge < -0.3 is 4.55 Å². The minimum absolute atomic E-state index is 0.190. The molecule has 4 unspecified atom stereocenters. The maximum atomic E-state index is 11.0. The smallest absolute Gasteiger partial charge is 0.156 e. The molecule has 0 bridgehead atoms. The van der Waals surface area contributed by atoms with Crippen molar-refractivity contribution in [3.8, 4) is 0 Å². The zero-order chi connectivity index (χ0) is 21.0. The second-order valence-corrected chi connectivity index (χ2v) is 9.70. The second-order valence-electron chi connectivity index (χ2n) is 8.34. The van der Waals surface area contributed by atoms with E-state index in [0.717, 1.165) is 25.7 Å². The third kappa shape index (κ3) is 13.0. The van der Waals surface area contributed by atoms with Crippen LogP contribution in [0.3, 0.4) is 0 Å². The van der Waals surface area contributed by atoms with Gasteiger partial charge in [-0.2, -0.15) is 0 Å². The third-order valence-corrected chi connectivity index (χ3v) is 6.17. The molecule has 156 valence electrons. The third-order valence-electron chi connectivity index (χ3n) is 5.29. The maximum absolute atomic E-state index is 11.0. The Morgan fingerprint density at radius 3 is 2.00 bits per heavy atom. The van der Waals surface area contributed by atoms with Gasteiger partial charge in [-0.15, -0.1) is 0 Å². The fourth-order valence-electron chi connectivity index (χ4n) is 2.94. The highest BCUT2D eigenvalue weighted by molar-refractivity contribution is 7.79. The van der Waals surface area contributed by atoms with E-state index < -0.39 is 11.1 Å². The predicted octanol–water partition coefficient (Wildman–Crippen LogP) is 7.62. The van der Waals surface area contributed by atoms with E-state index in [4.69, 9.17) is 4.55 Å². The van der Waals surface area contributed by atoms with Gasteiger partial charge in [0.1, 0.15) is 0 Å². The first-order valence-corrected chi connectivity index (χ1v) is 11.4. The summed E-state index contributed by atoms with van der Waals surface area (Å²) in [5.41, 5.74) is 5.63. The highest BCUT2D eigenvalue weighted by atomic mass is 32.2. The molecule has 0 amide bonds. The van der Waals surface area contributed by atoms with Crippen LogP contribution in [0.15, 0.2) is 46.6 Å². The van der Waals surface area contributed by atoms with Gasteiger partial charge in [0.2, 0.25) is 0 Å². The predicted molar refractivity (Wildman–Crippen MR) is 122 cm³/mol. The van der Waals surface area contributed by atoms with Crippen molar-refractivity contribution in [2.75, 3.05) is 0 Å². The molecule has 0 aromatic heterocycles. The van der Waals surface area contributed by atoms with Gasteiger partial charge in [0.15, 0.2) is 11.1 Å². The topological polar surface area (TPSA) is 37.3 Å². The average Bonchev–Trinajstić information content (AvgIpc) is 2.58. The van der Waals surface area contributed by atoms with Crippen molar-refractivity contribution in [3.63, 3.8) is 0 Å². The molecule has 0 fully saturated rings. The molecule has 4 atom stereocenters. The monoisotopic (exact) mass is 394 g/mol. The summed E-state index contributed by atoms with van der Waals surface area (Å²) >= 11 is -1.73. The minimum Gasteiger partial charge on any atom is -0.306 e. The van der Waals surface area contributed by atoms with Gasteiger partial charge in [-0.25, -0.2) is 4.21 Å². The lowest BCUT2D eigenvalue weighted by Gasteiger charge is -2.19. The van der Waals surface area contributed by atoms with E-state index in [9.17, 15) is 4.21 Å². The Labute approximate surface area is 171 Å². The van der Waals surface area contributed by atoms with Crippen molar-refractivity contribution >= 4 is 11.1 Å². The van der Waals surface area contributed by atoms with Gasteiger partial charge in [-0.05, 0) is 85.5 Å². The van der Waals surface area contributed by atoms with Gasteiger partial charge in [-0.3, -0.25) is 0 Å². The molecule has 0 radical (unpaired) electrons. The second kappa shape index (κ2) is 14.1. The van der Waals surface area contributed by atoms with Crippen LogP contribution in [0.25, 0.3) is 0 Å². The summed E-state index contributed by atoms with van der Waals surface area (Å²) in [7, 11) is 0. The fraction of sp³-hybridized carbons (Fsp3) is 0.667. The lowest BCUT2D eigenvalue weighted by molar-refractivity contribution is 0.523. The van der Waals surface area contributed by atoms with E-state index in [2.05, 4.69) is 72.8 Å². The van der Waals surface area contributed by atoms with Gasteiger partial charge in [0.05, 0.1) is 5.25 Å². The molecule has 3 heteroatoms. The Morgan fingerprint density at radius 1 is 0.889 bits per heavy atom. The molecule has 0 saturated carbocycles. The van der Waals surface area contributed by atoms with Crippen LogP contribution in [0.5, 0.6) is 0 Å². The summed E-state index contributed by atoms with van der Waals surface area (Å²) in [4.78, 5) is 0. The minimum atomic E-state index is -1.73. The van der Waals surface area contributed by atoms with Crippen LogP contribution in [-0.2, 0) is 11.1 Å². The first-order chi connectivity index (χ1) is 12.5. The van der Waals surface area contributed by atoms with E-state index in [0.29, 0.717) is 18.3 Å². The molecule has 0 aromatic rings. The summed E-state index contributed by atoms with van der Waals surface area (Å²) in [6.45, 7) is 17.3. The summed E-state index contributed by atoms with van der Waals surface area (Å²) in [6, 6.07) is 0. The van der Waals surface area contributed by atoms with Crippen molar-refractivity contribution in [1.29, 1.82) is 0 Å². The Balaban J connectivity index is 4.52. The van der Waals surface area contributed by atoms with Crippen LogP contribution in [0, 0.1) is 11.8 Å². The van der Waals surface area contributed by atoms with E-state index in [1.165, 1.54) is 22.3 Å². The highest BCUT2D eigenvalue weighted by Gasteiger charge is 2.12. The fourth-order valence-corrected chi connectivity index (χ4v) is 3.21. The van der Waals surface area contributed by atoms with E-state index in [-0.39, 0.29) is 5.25 Å². The van der Waals surface area contributed by atoms with Crippen molar-refractivity contribution in [2.24, 2.45) is 11.8 Å². The molecule has 0 saturated heterocycles. The Morgan fingerprint density at radius 2 is 1.44 bits per heavy atom. The molecule has 0 spiro atoms. The van der Waals surface area contributed by atoms with Crippen LogP contribution >= 0.6 is 0 Å². The molecule has 27 heavy (non-hydrogen) atoms. The first kappa shape index (κ1) is 26.1. The molecule has 0 aliphatic rings. The van der Waals surface area contributed by atoms with Crippen molar-refractivity contribution in [3.05, 3.63) is 46.6 Å². The zero-order valence-electron chi connectivity index (χ0n) is 18.8. The largest absolute Gasteiger partial charge is 0.306 e. The Bertz CT molecular complexity index is 577. The Kier molecular flexibility index (Phi) is 13.6. The van der Waals surface area contributed by atoms with Gasteiger partial charge in [-0.1, -0.05) is 60.4 Å². The number of rotatable bonds is 12. The van der Waals surface area contributed by atoms with Gasteiger partial charge in [0.25, 0.3) is 0 Å². The van der Waals surface area contributed by atoms with Crippen LogP contribution in [0.1, 0.15) is 87.5 Å². The Hall–Kier alpha value is -0.930. The summed E-state index contributed by atoms with van der Waals surface area (Å²) in [6.07, 6.45) is 14.2. The molecule has 0 aromatic carbocycles. The summed E-state index contributed by atoms with van der Waals surface area (Å²) in [5, 5.41) is -0.190. The summed E-state index contributed by atoms with van der Waals surface area (Å²) < 4.78 is 20.0. The number of hydrogen-bond donors (Lipinski definition) is 1. The molecular formula is C24H42O2S.